The van der Waals surface area contributed by atoms with Crippen LogP contribution in [0.1, 0.15) is 10.4 Å². The summed E-state index contributed by atoms with van der Waals surface area (Å²) in [4.78, 5) is 32.7. The van der Waals surface area contributed by atoms with Crippen molar-refractivity contribution in [3.63, 3.8) is 0 Å². The lowest BCUT2D eigenvalue weighted by Crippen LogP contribution is -2.14. The molecule has 1 aromatic carbocycles. The Morgan fingerprint density at radius 2 is 2.05 bits per heavy atom. The van der Waals surface area contributed by atoms with E-state index in [4.69, 9.17) is 0 Å². The molecular weight excluding hydrogens is 268 g/mol. The Hall–Kier alpha value is -3.16. The van der Waals surface area contributed by atoms with Gasteiger partial charge < -0.3 is 14.8 Å². The fourth-order valence-corrected chi connectivity index (χ4v) is 1.48. The van der Waals surface area contributed by atoms with Crippen LogP contribution in [0.2, 0.25) is 0 Å². The first kappa shape index (κ1) is 13.3. The van der Waals surface area contributed by atoms with Crippen LogP contribution in [-0.4, -0.2) is 15.9 Å². The lowest BCUT2D eigenvalue weighted by molar-refractivity contribution is -0.384. The minimum atomic E-state index is -0.752. The van der Waals surface area contributed by atoms with E-state index in [0.717, 1.165) is 18.4 Å². The molecule has 0 saturated heterocycles. The van der Waals surface area contributed by atoms with Crippen molar-refractivity contribution in [2.45, 2.75) is 0 Å². The number of nitro benzene ring substituents is 1. The largest absolute Gasteiger partial charge is 0.505 e. The molecule has 102 valence electrons. The van der Waals surface area contributed by atoms with Crippen molar-refractivity contribution in [1.29, 1.82) is 0 Å². The van der Waals surface area contributed by atoms with Gasteiger partial charge in [-0.1, -0.05) is 6.07 Å². The number of hydrogen-bond donors (Lipinski definition) is 2. The predicted molar refractivity (Wildman–Crippen MR) is 67.7 cm³/mol. The fraction of sp³-hybridized carbons (Fsp3) is 0. The minimum absolute atomic E-state index is 0.0119. The van der Waals surface area contributed by atoms with Crippen LogP contribution < -0.4 is 10.9 Å². The fourth-order valence-electron chi connectivity index (χ4n) is 1.48. The SMILES string of the molecule is O=C(Nc1c(O)cccc1[N+](=O)[O-])c1ccc(=O)oc1. The van der Waals surface area contributed by atoms with Crippen LogP contribution in [0.25, 0.3) is 0 Å². The molecule has 0 aliphatic rings. The van der Waals surface area contributed by atoms with Gasteiger partial charge in [0.1, 0.15) is 12.0 Å². The summed E-state index contributed by atoms with van der Waals surface area (Å²) >= 11 is 0. The van der Waals surface area contributed by atoms with Gasteiger partial charge in [0.2, 0.25) is 0 Å². The Kier molecular flexibility index (Phi) is 3.47. The molecule has 8 heteroatoms. The summed E-state index contributed by atoms with van der Waals surface area (Å²) < 4.78 is 4.51. The topological polar surface area (TPSA) is 123 Å². The van der Waals surface area contributed by atoms with Gasteiger partial charge >= 0.3 is 5.63 Å². The normalized spacial score (nSPS) is 10.0. The number of nitrogens with one attached hydrogen (secondary N) is 1. The molecule has 8 nitrogen and oxygen atoms in total. The average molecular weight is 276 g/mol. The molecular formula is C12H8N2O6. The first-order valence-corrected chi connectivity index (χ1v) is 5.35. The number of amides is 1. The molecule has 1 amide bonds. The molecule has 1 heterocycles. The van der Waals surface area contributed by atoms with Crippen molar-refractivity contribution in [2.75, 3.05) is 5.32 Å². The third-order valence-electron chi connectivity index (χ3n) is 2.42. The smallest absolute Gasteiger partial charge is 0.335 e. The lowest BCUT2D eigenvalue weighted by Gasteiger charge is -2.07. The molecule has 0 spiro atoms. The summed E-state index contributed by atoms with van der Waals surface area (Å²) in [7, 11) is 0. The van der Waals surface area contributed by atoms with Crippen LogP contribution in [0.5, 0.6) is 5.75 Å². The lowest BCUT2D eigenvalue weighted by atomic mass is 10.2. The maximum Gasteiger partial charge on any atom is 0.335 e. The quantitative estimate of drug-likeness (QED) is 0.497. The number of aromatic hydroxyl groups is 1. The number of nitrogens with zero attached hydrogens (tertiary/aromatic N) is 1. The second-order valence-electron chi connectivity index (χ2n) is 3.73. The highest BCUT2D eigenvalue weighted by Gasteiger charge is 2.20. The third-order valence-corrected chi connectivity index (χ3v) is 2.42. The molecule has 0 bridgehead atoms. The van der Waals surface area contributed by atoms with Crippen LogP contribution in [0.15, 0.2) is 45.8 Å². The van der Waals surface area contributed by atoms with Gasteiger partial charge in [-0.25, -0.2) is 4.79 Å². The van der Waals surface area contributed by atoms with E-state index in [9.17, 15) is 24.8 Å². The molecule has 0 saturated carbocycles. The first-order chi connectivity index (χ1) is 9.49. The highest BCUT2D eigenvalue weighted by Crippen LogP contribution is 2.33. The highest BCUT2D eigenvalue weighted by atomic mass is 16.6. The number of hydrogen-bond acceptors (Lipinski definition) is 6. The number of phenols is 1. The van der Waals surface area contributed by atoms with Crippen molar-refractivity contribution in [3.05, 3.63) is 62.7 Å². The summed E-state index contributed by atoms with van der Waals surface area (Å²) in [5.74, 6) is -1.19. The van der Waals surface area contributed by atoms with Gasteiger partial charge in [-0.15, -0.1) is 0 Å². The van der Waals surface area contributed by atoms with Crippen molar-refractivity contribution in [3.8, 4) is 5.75 Å². The van der Waals surface area contributed by atoms with Crippen LogP contribution in [0, 0.1) is 10.1 Å². The first-order valence-electron chi connectivity index (χ1n) is 5.35. The minimum Gasteiger partial charge on any atom is -0.505 e. The summed E-state index contributed by atoms with van der Waals surface area (Å²) in [5, 5.41) is 22.6. The molecule has 1 aromatic heterocycles. The average Bonchev–Trinajstić information content (AvgIpc) is 2.41. The Bertz CT molecular complexity index is 716. The molecule has 0 unspecified atom stereocenters. The number of carbonyl (C=O) groups is 1. The molecule has 2 rings (SSSR count). The predicted octanol–water partition coefficient (Wildman–Crippen LogP) is 1.51. The van der Waals surface area contributed by atoms with Crippen molar-refractivity contribution in [2.24, 2.45) is 0 Å². The Morgan fingerprint density at radius 1 is 1.30 bits per heavy atom. The molecule has 20 heavy (non-hydrogen) atoms. The molecule has 0 radical (unpaired) electrons. The number of carbonyl (C=O) groups excluding carboxylic acids is 1. The van der Waals surface area contributed by atoms with E-state index in [0.29, 0.717) is 0 Å². The molecule has 0 atom stereocenters. The molecule has 0 aliphatic heterocycles. The van der Waals surface area contributed by atoms with Crippen LogP contribution in [-0.2, 0) is 0 Å². The zero-order valence-electron chi connectivity index (χ0n) is 9.90. The standard InChI is InChI=1S/C12H8N2O6/c15-9-3-1-2-8(14(18)19)11(9)13-12(17)7-4-5-10(16)20-6-7/h1-6,15H,(H,13,17). The zero-order chi connectivity index (χ0) is 14.7. The van der Waals surface area contributed by atoms with Gasteiger partial charge in [0, 0.05) is 12.1 Å². The Labute approximate surface area is 111 Å². The maximum atomic E-state index is 11.8. The summed E-state index contributed by atoms with van der Waals surface area (Å²) in [5.41, 5.74) is -1.42. The van der Waals surface area contributed by atoms with Crippen LogP contribution >= 0.6 is 0 Å². The van der Waals surface area contributed by atoms with Gasteiger partial charge in [0.15, 0.2) is 5.69 Å². The van der Waals surface area contributed by atoms with E-state index in [1.54, 1.807) is 0 Å². The van der Waals surface area contributed by atoms with Gasteiger partial charge in [-0.2, -0.15) is 0 Å². The van der Waals surface area contributed by atoms with Crippen molar-refractivity contribution in [1.82, 2.24) is 0 Å². The van der Waals surface area contributed by atoms with E-state index in [1.807, 2.05) is 0 Å². The van der Waals surface area contributed by atoms with Gasteiger partial charge in [-0.3, -0.25) is 14.9 Å². The Morgan fingerprint density at radius 3 is 2.65 bits per heavy atom. The van der Waals surface area contributed by atoms with Gasteiger partial charge in [0.05, 0.1) is 10.5 Å². The van der Waals surface area contributed by atoms with Crippen LogP contribution in [0.4, 0.5) is 11.4 Å². The summed E-state index contributed by atoms with van der Waals surface area (Å²) in [6.07, 6.45) is 0.920. The van der Waals surface area contributed by atoms with E-state index in [1.165, 1.54) is 18.2 Å². The maximum absolute atomic E-state index is 11.8. The van der Waals surface area contributed by atoms with E-state index < -0.39 is 27.9 Å². The second kappa shape index (κ2) is 5.22. The van der Waals surface area contributed by atoms with Crippen molar-refractivity contribution < 1.29 is 19.2 Å². The highest BCUT2D eigenvalue weighted by molar-refractivity contribution is 6.06. The van der Waals surface area contributed by atoms with E-state index >= 15 is 0 Å². The Balaban J connectivity index is 2.35. The number of benzene rings is 1. The van der Waals surface area contributed by atoms with E-state index in [2.05, 4.69) is 9.73 Å². The van der Waals surface area contributed by atoms with Crippen LogP contribution in [0.3, 0.4) is 0 Å². The monoisotopic (exact) mass is 276 g/mol. The number of para-hydroxylation sites is 1. The van der Waals surface area contributed by atoms with Gasteiger partial charge in [-0.05, 0) is 12.1 Å². The molecule has 2 aromatic rings. The molecule has 2 N–H and O–H groups in total. The molecule has 0 aliphatic carbocycles. The summed E-state index contributed by atoms with van der Waals surface area (Å²) in [6, 6.07) is 5.86. The second-order valence-corrected chi connectivity index (χ2v) is 3.73. The molecule has 0 fully saturated rings. The third kappa shape index (κ3) is 2.64. The van der Waals surface area contributed by atoms with Crippen molar-refractivity contribution >= 4 is 17.3 Å². The van der Waals surface area contributed by atoms with E-state index in [-0.39, 0.29) is 11.3 Å². The number of nitro groups is 1. The van der Waals surface area contributed by atoms with Gasteiger partial charge in [0.25, 0.3) is 11.6 Å². The summed E-state index contributed by atoms with van der Waals surface area (Å²) in [6.45, 7) is 0. The zero-order valence-corrected chi connectivity index (χ0v) is 9.90. The number of phenolic OH excluding ortho intramolecular Hbond substituents is 1. The number of rotatable bonds is 3. The number of anilines is 1.